The number of ether oxygens (including phenoxy) is 9. The summed E-state index contributed by atoms with van der Waals surface area (Å²) >= 11 is 0. The lowest BCUT2D eigenvalue weighted by molar-refractivity contribution is -0.202. The molecule has 2 heterocycles. The summed E-state index contributed by atoms with van der Waals surface area (Å²) in [6, 6.07) is -1.54. The zero-order valence-corrected chi connectivity index (χ0v) is 28.2. The number of carbonyl (C=O) groups excluding carboxylic acids is 8. The Hall–Kier alpha value is -4.81. The molecule has 272 valence electrons. The molecule has 2 aliphatic heterocycles. The van der Waals surface area contributed by atoms with Crippen molar-refractivity contribution in [3.05, 3.63) is 0 Å². The fraction of sp³-hybridized carbons (Fsp3) is 0.700. The van der Waals surface area contributed by atoms with E-state index in [9.17, 15) is 38.4 Å². The minimum atomic E-state index is -1.44. The minimum Gasteiger partial charge on any atom is -0.465 e. The summed E-state index contributed by atoms with van der Waals surface area (Å²) in [5, 5.41) is 0. The van der Waals surface area contributed by atoms with Gasteiger partial charge in [-0.1, -0.05) is 0 Å². The molecule has 0 aromatic heterocycles. The predicted molar refractivity (Wildman–Crippen MR) is 156 cm³/mol. The Balaban J connectivity index is 2.09. The average Bonchev–Trinajstić information content (AvgIpc) is 3.47. The second-order valence-corrected chi connectivity index (χ2v) is 11.5. The van der Waals surface area contributed by atoms with Gasteiger partial charge in [0.25, 0.3) is 6.02 Å². The third kappa shape index (κ3) is 10.1. The van der Waals surface area contributed by atoms with E-state index in [0.717, 1.165) is 60.3 Å². The SMILES string of the molecule is CC(=O)OC[C@H]1C[C@H](N=C2O[C@@H]3[C@@H](OC(C)=O)[C@@H]([C@@H](COC(C)=O)OC(C)=O)O[C@@H]3N2C(C)=O)[C@H](OC(C)=O)[C@@H](OC(C)=O)[C@@H]1OC(C)=O. The van der Waals surface area contributed by atoms with Crippen molar-refractivity contribution in [1.29, 1.82) is 0 Å². The molecule has 0 unspecified atom stereocenters. The molecular formula is C30H40N2O17. The van der Waals surface area contributed by atoms with Crippen LogP contribution in [0.2, 0.25) is 0 Å². The second-order valence-electron chi connectivity index (χ2n) is 11.5. The molecule has 49 heavy (non-hydrogen) atoms. The molecule has 19 heteroatoms. The van der Waals surface area contributed by atoms with E-state index in [1.807, 2.05) is 0 Å². The normalized spacial score (nSPS) is 30.2. The van der Waals surface area contributed by atoms with Gasteiger partial charge in [0.05, 0.1) is 12.6 Å². The van der Waals surface area contributed by atoms with Crippen molar-refractivity contribution in [2.45, 2.75) is 117 Å². The summed E-state index contributed by atoms with van der Waals surface area (Å²) < 4.78 is 49.7. The van der Waals surface area contributed by atoms with Gasteiger partial charge in [-0.15, -0.1) is 0 Å². The van der Waals surface area contributed by atoms with Crippen LogP contribution in [0.15, 0.2) is 4.99 Å². The van der Waals surface area contributed by atoms with E-state index in [1.54, 1.807) is 0 Å². The van der Waals surface area contributed by atoms with Crippen LogP contribution in [0.3, 0.4) is 0 Å². The lowest BCUT2D eigenvalue weighted by atomic mass is 9.79. The van der Waals surface area contributed by atoms with Gasteiger partial charge in [0.1, 0.15) is 18.8 Å². The molecule has 0 radical (unpaired) electrons. The number of rotatable bonds is 11. The molecule has 0 spiro atoms. The number of nitrogens with zero attached hydrogens (tertiary/aromatic N) is 2. The molecule has 0 bridgehead atoms. The van der Waals surface area contributed by atoms with Crippen LogP contribution in [0.1, 0.15) is 61.8 Å². The molecular weight excluding hydrogens is 660 g/mol. The summed E-state index contributed by atoms with van der Waals surface area (Å²) in [7, 11) is 0. The number of aliphatic imine (C=N–C) groups is 1. The third-order valence-corrected chi connectivity index (χ3v) is 7.42. The highest BCUT2D eigenvalue weighted by atomic mass is 16.7. The molecule has 3 fully saturated rings. The van der Waals surface area contributed by atoms with Crippen LogP contribution >= 0.6 is 0 Å². The Labute approximate surface area is 280 Å². The van der Waals surface area contributed by atoms with Gasteiger partial charge in [-0.2, -0.15) is 0 Å². The fourth-order valence-corrected chi connectivity index (χ4v) is 5.85. The average molecular weight is 701 g/mol. The molecule has 10 atom stereocenters. The number of amidine groups is 1. The maximum Gasteiger partial charge on any atom is 0.303 e. The number of fused-ring (bicyclic) bond motifs is 1. The summed E-state index contributed by atoms with van der Waals surface area (Å²) in [6.07, 6.45) is -10.7. The number of esters is 7. The van der Waals surface area contributed by atoms with Crippen LogP contribution in [-0.2, 0) is 81.0 Å². The van der Waals surface area contributed by atoms with Crippen molar-refractivity contribution in [3.63, 3.8) is 0 Å². The maximum absolute atomic E-state index is 13.1. The molecule has 1 saturated carbocycles. The van der Waals surface area contributed by atoms with Gasteiger partial charge < -0.3 is 42.6 Å². The van der Waals surface area contributed by atoms with E-state index >= 15 is 0 Å². The van der Waals surface area contributed by atoms with Gasteiger partial charge in [0.15, 0.2) is 36.7 Å². The number of carbonyl (C=O) groups is 8. The molecule has 1 aliphatic carbocycles. The van der Waals surface area contributed by atoms with Crippen LogP contribution < -0.4 is 0 Å². The van der Waals surface area contributed by atoms with Crippen LogP contribution in [0.4, 0.5) is 0 Å². The number of hydrogen-bond acceptors (Lipinski definition) is 18. The van der Waals surface area contributed by atoms with Gasteiger partial charge in [-0.25, -0.2) is 9.89 Å². The third-order valence-electron chi connectivity index (χ3n) is 7.42. The smallest absolute Gasteiger partial charge is 0.303 e. The molecule has 0 aromatic rings. The van der Waals surface area contributed by atoms with Gasteiger partial charge in [-0.05, 0) is 6.42 Å². The quantitative estimate of drug-likeness (QED) is 0.195. The summed E-state index contributed by atoms with van der Waals surface area (Å²) in [6.45, 7) is 8.15. The molecule has 19 nitrogen and oxygen atoms in total. The first-order valence-corrected chi connectivity index (χ1v) is 15.2. The van der Waals surface area contributed by atoms with E-state index in [2.05, 4.69) is 4.99 Å². The largest absolute Gasteiger partial charge is 0.465 e. The van der Waals surface area contributed by atoms with Crippen LogP contribution in [0.25, 0.3) is 0 Å². The number of amides is 1. The van der Waals surface area contributed by atoms with Crippen molar-refractivity contribution >= 4 is 53.7 Å². The fourth-order valence-electron chi connectivity index (χ4n) is 5.85. The zero-order valence-electron chi connectivity index (χ0n) is 28.2. The Morgan fingerprint density at radius 2 is 1.22 bits per heavy atom. The van der Waals surface area contributed by atoms with Crippen LogP contribution in [0.5, 0.6) is 0 Å². The van der Waals surface area contributed by atoms with Crippen molar-refractivity contribution in [2.24, 2.45) is 10.9 Å². The van der Waals surface area contributed by atoms with E-state index in [1.165, 1.54) is 0 Å². The van der Waals surface area contributed by atoms with Crippen LogP contribution in [-0.4, -0.2) is 127 Å². The maximum atomic E-state index is 13.1. The molecule has 1 amide bonds. The first kappa shape index (κ1) is 38.6. The van der Waals surface area contributed by atoms with Crippen molar-refractivity contribution in [3.8, 4) is 0 Å². The standard InChI is InChI=1S/C30H40N2O17/c1-12(33)32-29-28(27(47-19(8)40)25(48-29)22(43-15(4)36)11-42-14(3)35)49-30(32)31-21-9-20(10-41-13(2)34)23(44-16(5)37)26(46-18(7)39)24(21)45-17(6)38/h20-29H,9-11H2,1-8H3/t20-,21+,22-,23-,24+,25-,26+,27+,28-,29+/m1/s1. The van der Waals surface area contributed by atoms with Gasteiger partial charge in [-0.3, -0.25) is 38.4 Å². The molecule has 2 saturated heterocycles. The highest BCUT2D eigenvalue weighted by Gasteiger charge is 2.61. The lowest BCUT2D eigenvalue weighted by Gasteiger charge is -2.43. The molecule has 0 aromatic carbocycles. The summed E-state index contributed by atoms with van der Waals surface area (Å²) in [5.74, 6) is -6.82. The summed E-state index contributed by atoms with van der Waals surface area (Å²) in [4.78, 5) is 103. The summed E-state index contributed by atoms with van der Waals surface area (Å²) in [5.41, 5.74) is 0. The predicted octanol–water partition coefficient (Wildman–Crippen LogP) is -0.512. The number of hydrogen-bond donors (Lipinski definition) is 0. The lowest BCUT2D eigenvalue weighted by Crippen LogP contribution is -2.58. The second kappa shape index (κ2) is 16.5. The van der Waals surface area contributed by atoms with Crippen molar-refractivity contribution < 1.29 is 81.0 Å². The zero-order chi connectivity index (χ0) is 36.7. The Kier molecular flexibility index (Phi) is 13.0. The van der Waals surface area contributed by atoms with Crippen molar-refractivity contribution in [1.82, 2.24) is 4.90 Å². The topological polar surface area (TPSA) is 235 Å². The van der Waals surface area contributed by atoms with Crippen LogP contribution in [0, 0.1) is 5.92 Å². The van der Waals surface area contributed by atoms with E-state index < -0.39 is 115 Å². The highest BCUT2D eigenvalue weighted by Crippen LogP contribution is 2.39. The molecule has 3 rings (SSSR count). The molecule has 0 N–H and O–H groups in total. The Morgan fingerprint density at radius 1 is 0.694 bits per heavy atom. The highest BCUT2D eigenvalue weighted by molar-refractivity contribution is 5.95. The van der Waals surface area contributed by atoms with E-state index in [0.29, 0.717) is 0 Å². The molecule has 3 aliphatic rings. The van der Waals surface area contributed by atoms with Gasteiger partial charge in [0, 0.05) is 61.3 Å². The Bertz CT molecular complexity index is 1360. The first-order valence-electron chi connectivity index (χ1n) is 15.2. The minimum absolute atomic E-state index is 0.108. The first-order chi connectivity index (χ1) is 22.9. The van der Waals surface area contributed by atoms with E-state index in [-0.39, 0.29) is 19.0 Å². The Morgan fingerprint density at radius 3 is 1.73 bits per heavy atom. The van der Waals surface area contributed by atoms with Crippen molar-refractivity contribution in [2.75, 3.05) is 13.2 Å². The van der Waals surface area contributed by atoms with Gasteiger partial charge >= 0.3 is 41.8 Å². The van der Waals surface area contributed by atoms with Gasteiger partial charge in [0.2, 0.25) is 5.91 Å². The van der Waals surface area contributed by atoms with E-state index in [4.69, 9.17) is 42.6 Å². The monoisotopic (exact) mass is 700 g/mol.